The van der Waals surface area contributed by atoms with Crippen LogP contribution in [-0.4, -0.2) is 17.2 Å². The molecule has 0 aliphatic heterocycles. The third-order valence-corrected chi connectivity index (χ3v) is 5.73. The van der Waals surface area contributed by atoms with Crippen molar-refractivity contribution in [3.05, 3.63) is 62.2 Å². The molecule has 7 heteroatoms. The number of carboxylic acid groups (broad SMARTS) is 1. The number of hydrogen-bond acceptors (Lipinski definition) is 4. The summed E-state index contributed by atoms with van der Waals surface area (Å²) in [6.45, 7) is 0. The van der Waals surface area contributed by atoms with E-state index in [0.29, 0.717) is 52.3 Å². The number of aliphatic carboxylic acids is 1. The Balaban J connectivity index is 1.75. The zero-order valence-electron chi connectivity index (χ0n) is 14.7. The fourth-order valence-electron chi connectivity index (χ4n) is 3.52. The smallest absolute Gasteiger partial charge is 0.306 e. The van der Waals surface area contributed by atoms with E-state index in [4.69, 9.17) is 20.8 Å². The lowest BCUT2D eigenvalue weighted by molar-refractivity contribution is -0.141. The molecule has 1 saturated carbocycles. The van der Waals surface area contributed by atoms with Gasteiger partial charge in [-0.15, -0.1) is 0 Å². The second kappa shape index (κ2) is 7.60. The van der Waals surface area contributed by atoms with E-state index in [-0.39, 0.29) is 11.5 Å². The lowest BCUT2D eigenvalue weighted by Crippen LogP contribution is -2.16. The highest BCUT2D eigenvalue weighted by Crippen LogP contribution is 2.37. The van der Waals surface area contributed by atoms with Crippen LogP contribution in [-0.2, 0) is 4.79 Å². The van der Waals surface area contributed by atoms with Crippen LogP contribution in [0, 0.1) is 5.92 Å². The summed E-state index contributed by atoms with van der Waals surface area (Å²) in [5, 5.41) is 9.98. The zero-order chi connectivity index (χ0) is 19.8. The molecule has 1 aliphatic rings. The van der Waals surface area contributed by atoms with Crippen molar-refractivity contribution < 1.29 is 19.1 Å². The van der Waals surface area contributed by atoms with E-state index < -0.39 is 11.9 Å². The molecule has 1 heterocycles. The summed E-state index contributed by atoms with van der Waals surface area (Å²) in [4.78, 5) is 23.7. The molecule has 0 saturated heterocycles. The number of halogens is 2. The average molecular weight is 464 g/mol. The number of hydrogen-bond donors (Lipinski definition) is 1. The SMILES string of the molecule is O=C(O)[C@H]1CCC(Oc2cc(Br)ccc2-c2cc(=O)c3cccc(Cl)c3o2)C1. The Bertz CT molecular complexity index is 1120. The number of rotatable bonds is 4. The molecule has 0 amide bonds. The van der Waals surface area contributed by atoms with Crippen LogP contribution in [0.5, 0.6) is 5.75 Å². The zero-order valence-corrected chi connectivity index (χ0v) is 17.0. The normalized spacial score (nSPS) is 19.1. The molecule has 5 nitrogen and oxygen atoms in total. The van der Waals surface area contributed by atoms with Crippen molar-refractivity contribution in [1.82, 2.24) is 0 Å². The molecule has 0 radical (unpaired) electrons. The Hall–Kier alpha value is -2.31. The molecule has 2 atom stereocenters. The molecule has 0 spiro atoms. The van der Waals surface area contributed by atoms with Crippen molar-refractivity contribution in [1.29, 1.82) is 0 Å². The Morgan fingerprint density at radius 3 is 2.79 bits per heavy atom. The van der Waals surface area contributed by atoms with Crippen LogP contribution in [0.4, 0.5) is 0 Å². The summed E-state index contributed by atoms with van der Waals surface area (Å²) >= 11 is 9.64. The second-order valence-corrected chi connectivity index (χ2v) is 8.14. The summed E-state index contributed by atoms with van der Waals surface area (Å²) in [7, 11) is 0. The van der Waals surface area contributed by atoms with Crippen LogP contribution >= 0.6 is 27.5 Å². The maximum absolute atomic E-state index is 12.5. The molecule has 1 aromatic heterocycles. The van der Waals surface area contributed by atoms with Crippen LogP contribution in [0.2, 0.25) is 5.02 Å². The molecule has 144 valence electrons. The quantitative estimate of drug-likeness (QED) is 0.552. The minimum Gasteiger partial charge on any atom is -0.490 e. The lowest BCUT2D eigenvalue weighted by Gasteiger charge is -2.17. The minimum atomic E-state index is -0.796. The van der Waals surface area contributed by atoms with Crippen molar-refractivity contribution in [2.75, 3.05) is 0 Å². The van der Waals surface area contributed by atoms with Crippen LogP contribution < -0.4 is 10.2 Å². The standard InChI is InChI=1S/C21H16BrClO5/c22-12-5-7-15(18(9-12)27-13-6-4-11(8-13)21(25)26)19-10-17(24)14-2-1-3-16(23)20(14)28-19/h1-3,5,7,9-11,13H,4,6,8H2,(H,25,26)/t11-,13?/m0/s1. The van der Waals surface area contributed by atoms with Crippen molar-refractivity contribution in [2.24, 2.45) is 5.92 Å². The van der Waals surface area contributed by atoms with E-state index in [2.05, 4.69) is 15.9 Å². The molecular weight excluding hydrogens is 448 g/mol. The van der Waals surface area contributed by atoms with Crippen molar-refractivity contribution >= 4 is 44.5 Å². The van der Waals surface area contributed by atoms with Gasteiger partial charge in [-0.3, -0.25) is 9.59 Å². The molecule has 28 heavy (non-hydrogen) atoms. The number of carbonyl (C=O) groups is 1. The molecule has 0 bridgehead atoms. The van der Waals surface area contributed by atoms with Crippen LogP contribution in [0.25, 0.3) is 22.3 Å². The van der Waals surface area contributed by atoms with Gasteiger partial charge < -0.3 is 14.3 Å². The summed E-state index contributed by atoms with van der Waals surface area (Å²) < 4.78 is 12.9. The van der Waals surface area contributed by atoms with Gasteiger partial charge in [0.15, 0.2) is 11.0 Å². The first-order valence-corrected chi connectivity index (χ1v) is 10.0. The molecular formula is C21H16BrClO5. The molecule has 1 fully saturated rings. The third kappa shape index (κ3) is 3.66. The van der Waals surface area contributed by atoms with Gasteiger partial charge in [-0.2, -0.15) is 0 Å². The molecule has 1 aliphatic carbocycles. The van der Waals surface area contributed by atoms with Gasteiger partial charge >= 0.3 is 5.97 Å². The van der Waals surface area contributed by atoms with Crippen LogP contribution in [0.3, 0.4) is 0 Å². The Labute approximate surface area is 174 Å². The predicted octanol–water partition coefficient (Wildman–Crippen LogP) is 5.51. The molecule has 3 aromatic rings. The van der Waals surface area contributed by atoms with Crippen LogP contribution in [0.15, 0.2) is 56.1 Å². The third-order valence-electron chi connectivity index (χ3n) is 4.94. The molecule has 2 aromatic carbocycles. The fourth-order valence-corrected chi connectivity index (χ4v) is 4.08. The second-order valence-electron chi connectivity index (χ2n) is 6.82. The minimum absolute atomic E-state index is 0.195. The summed E-state index contributed by atoms with van der Waals surface area (Å²) in [6, 6.07) is 11.9. The van der Waals surface area contributed by atoms with E-state index in [1.165, 1.54) is 6.07 Å². The number of benzene rings is 2. The van der Waals surface area contributed by atoms with Gasteiger partial charge in [0.05, 0.1) is 28.0 Å². The predicted molar refractivity (Wildman–Crippen MR) is 110 cm³/mol. The Morgan fingerprint density at radius 2 is 2.04 bits per heavy atom. The highest BCUT2D eigenvalue weighted by molar-refractivity contribution is 9.10. The lowest BCUT2D eigenvalue weighted by atomic mass is 10.1. The van der Waals surface area contributed by atoms with Gasteiger partial charge in [-0.25, -0.2) is 0 Å². The van der Waals surface area contributed by atoms with Gasteiger partial charge in [0.2, 0.25) is 0 Å². The van der Waals surface area contributed by atoms with Crippen molar-refractivity contribution in [2.45, 2.75) is 25.4 Å². The van der Waals surface area contributed by atoms with E-state index in [1.54, 1.807) is 30.3 Å². The first-order valence-electron chi connectivity index (χ1n) is 8.84. The van der Waals surface area contributed by atoms with Gasteiger partial charge in [0, 0.05) is 10.5 Å². The Kier molecular flexibility index (Phi) is 5.17. The molecule has 4 rings (SSSR count). The summed E-state index contributed by atoms with van der Waals surface area (Å²) in [5.41, 5.74) is 0.743. The van der Waals surface area contributed by atoms with E-state index in [9.17, 15) is 14.7 Å². The highest BCUT2D eigenvalue weighted by atomic mass is 79.9. The first kappa shape index (κ1) is 19.0. The first-order chi connectivity index (χ1) is 13.4. The summed E-state index contributed by atoms with van der Waals surface area (Å²) in [5.74, 6) is -0.311. The number of ether oxygens (including phenoxy) is 1. The highest BCUT2D eigenvalue weighted by Gasteiger charge is 2.31. The maximum atomic E-state index is 12.5. The van der Waals surface area contributed by atoms with E-state index in [1.807, 2.05) is 6.07 Å². The number of fused-ring (bicyclic) bond motifs is 1. The van der Waals surface area contributed by atoms with Crippen molar-refractivity contribution in [3.8, 4) is 17.1 Å². The van der Waals surface area contributed by atoms with Gasteiger partial charge in [-0.1, -0.05) is 33.6 Å². The average Bonchev–Trinajstić information content (AvgIpc) is 3.11. The topological polar surface area (TPSA) is 76.7 Å². The van der Waals surface area contributed by atoms with Gasteiger partial charge in [-0.05, 0) is 49.6 Å². The number of para-hydroxylation sites is 1. The van der Waals surface area contributed by atoms with E-state index in [0.717, 1.165) is 4.47 Å². The monoisotopic (exact) mass is 462 g/mol. The molecule has 1 N–H and O–H groups in total. The number of carboxylic acids is 1. The van der Waals surface area contributed by atoms with Crippen LogP contribution in [0.1, 0.15) is 19.3 Å². The largest absolute Gasteiger partial charge is 0.490 e. The maximum Gasteiger partial charge on any atom is 0.306 e. The fraction of sp³-hybridized carbons (Fsp3) is 0.238. The van der Waals surface area contributed by atoms with Gasteiger partial charge in [0.1, 0.15) is 11.5 Å². The van der Waals surface area contributed by atoms with E-state index >= 15 is 0 Å². The summed E-state index contributed by atoms with van der Waals surface area (Å²) in [6.07, 6.45) is 1.50. The van der Waals surface area contributed by atoms with Gasteiger partial charge in [0.25, 0.3) is 0 Å². The Morgan fingerprint density at radius 1 is 1.21 bits per heavy atom. The molecule has 1 unspecified atom stereocenters. The van der Waals surface area contributed by atoms with Crippen molar-refractivity contribution in [3.63, 3.8) is 0 Å².